The Balaban J connectivity index is 0.944. The van der Waals surface area contributed by atoms with Crippen molar-refractivity contribution in [3.63, 3.8) is 0 Å². The summed E-state index contributed by atoms with van der Waals surface area (Å²) in [5.41, 5.74) is 5.50. The molecule has 4 aliphatic rings. The Kier molecular flexibility index (Phi) is 7.20. The van der Waals surface area contributed by atoms with Crippen molar-refractivity contribution in [1.29, 1.82) is 0 Å². The first-order chi connectivity index (χ1) is 22.4. The number of aromatic nitrogens is 3. The Morgan fingerprint density at radius 2 is 1.87 bits per heavy atom. The minimum atomic E-state index is -0.340. The largest absolute Gasteiger partial charge is 0.487 e. The van der Waals surface area contributed by atoms with Crippen molar-refractivity contribution in [2.24, 2.45) is 5.92 Å². The molecule has 0 bridgehead atoms. The van der Waals surface area contributed by atoms with Crippen molar-refractivity contribution in [1.82, 2.24) is 24.6 Å². The van der Waals surface area contributed by atoms with Crippen LogP contribution in [0.2, 0.25) is 0 Å². The SMILES string of the molecule is Cc1ccn2c(-c3ccc(Nc4ccc(N5CCC6(C=C(C7CCCCN(C)CC7)O6)CC5)cn4)c4c3CNC4=O)cnc2c1F. The predicted octanol–water partition coefficient (Wildman–Crippen LogP) is 6.21. The molecule has 2 N–H and O–H groups in total. The number of nitrogens with zero attached hydrogens (tertiary/aromatic N) is 5. The van der Waals surface area contributed by atoms with Crippen LogP contribution in [0.3, 0.4) is 0 Å². The molecule has 9 nitrogen and oxygen atoms in total. The zero-order valence-corrected chi connectivity index (χ0v) is 26.5. The Morgan fingerprint density at radius 1 is 1.02 bits per heavy atom. The number of hydrogen-bond donors (Lipinski definition) is 2. The molecule has 238 valence electrons. The molecule has 1 amide bonds. The summed E-state index contributed by atoms with van der Waals surface area (Å²) in [5.74, 6) is 1.98. The minimum absolute atomic E-state index is 0.0987. The number of ether oxygens (including phenoxy) is 1. The number of fused-ring (bicyclic) bond motifs is 2. The van der Waals surface area contributed by atoms with Crippen LogP contribution in [0.5, 0.6) is 0 Å². The van der Waals surface area contributed by atoms with Crippen molar-refractivity contribution < 1.29 is 13.9 Å². The molecule has 1 unspecified atom stereocenters. The van der Waals surface area contributed by atoms with Gasteiger partial charge in [-0.3, -0.25) is 9.20 Å². The summed E-state index contributed by atoms with van der Waals surface area (Å²) in [4.78, 5) is 26.8. The van der Waals surface area contributed by atoms with Crippen LogP contribution in [0.4, 0.5) is 21.6 Å². The molecule has 4 aromatic rings. The molecule has 2 saturated heterocycles. The summed E-state index contributed by atoms with van der Waals surface area (Å²) < 4.78 is 23.0. The van der Waals surface area contributed by atoms with Crippen LogP contribution in [-0.2, 0) is 11.3 Å². The Labute approximate surface area is 268 Å². The van der Waals surface area contributed by atoms with E-state index in [2.05, 4.69) is 44.6 Å². The van der Waals surface area contributed by atoms with Gasteiger partial charge in [-0.15, -0.1) is 0 Å². The topological polar surface area (TPSA) is 87.0 Å². The maximum atomic E-state index is 14.7. The second kappa shape index (κ2) is 11.4. The second-order valence-electron chi connectivity index (χ2n) is 13.4. The van der Waals surface area contributed by atoms with Gasteiger partial charge in [0.15, 0.2) is 11.5 Å². The number of piperidine rings is 1. The van der Waals surface area contributed by atoms with Crippen LogP contribution < -0.4 is 15.5 Å². The fraction of sp³-hybridized carbons (Fsp3) is 0.417. The molecule has 1 aromatic carbocycles. The Bertz CT molecular complexity index is 1840. The monoisotopic (exact) mass is 621 g/mol. The van der Waals surface area contributed by atoms with E-state index in [0.29, 0.717) is 35.1 Å². The molecule has 4 aliphatic heterocycles. The molecular formula is C36H40FN7O2. The first kappa shape index (κ1) is 29.0. The molecule has 0 radical (unpaired) electrons. The normalized spacial score (nSPS) is 21.2. The lowest BCUT2D eigenvalue weighted by atomic mass is 9.82. The van der Waals surface area contributed by atoms with E-state index in [9.17, 15) is 9.18 Å². The second-order valence-corrected chi connectivity index (χ2v) is 13.4. The van der Waals surface area contributed by atoms with Crippen molar-refractivity contribution in [2.45, 2.75) is 57.6 Å². The van der Waals surface area contributed by atoms with Gasteiger partial charge in [0.05, 0.1) is 35.0 Å². The smallest absolute Gasteiger partial charge is 0.254 e. The number of aryl methyl sites for hydroxylation is 1. The van der Waals surface area contributed by atoms with Crippen LogP contribution in [0.15, 0.2) is 60.8 Å². The molecule has 10 heteroatoms. The highest BCUT2D eigenvalue weighted by atomic mass is 19.1. The van der Waals surface area contributed by atoms with Gasteiger partial charge in [0, 0.05) is 50.2 Å². The summed E-state index contributed by atoms with van der Waals surface area (Å²) in [6, 6.07) is 9.63. The van der Waals surface area contributed by atoms with Gasteiger partial charge in [-0.2, -0.15) is 0 Å². The molecule has 1 atom stereocenters. The number of nitrogens with one attached hydrogen (secondary N) is 2. The number of anilines is 3. The molecule has 46 heavy (non-hydrogen) atoms. The molecule has 3 aromatic heterocycles. The summed E-state index contributed by atoms with van der Waals surface area (Å²) in [7, 11) is 2.23. The van der Waals surface area contributed by atoms with Gasteiger partial charge in [0.1, 0.15) is 17.2 Å². The highest BCUT2D eigenvalue weighted by Gasteiger charge is 2.44. The fourth-order valence-electron chi connectivity index (χ4n) is 7.56. The molecule has 0 saturated carbocycles. The van der Waals surface area contributed by atoms with Gasteiger partial charge in [-0.1, -0.05) is 12.5 Å². The van der Waals surface area contributed by atoms with Crippen LogP contribution in [0.1, 0.15) is 60.0 Å². The first-order valence-corrected chi connectivity index (χ1v) is 16.5. The standard InChI is InChI=1S/C36H40FN7O2/c1-23-10-16-44-29(22-39-34(44)33(23)37)26-7-8-28(32-27(26)21-40-35(32)45)41-31-9-6-25(20-38-31)43-17-12-36(13-18-43)19-30(46-36)24-5-3-4-14-42(2)15-11-24/h6-10,16,19-20,22,24H,3-5,11-15,17-18,21H2,1-2H3,(H,38,41)(H,40,45). The molecule has 0 aliphatic carbocycles. The lowest BCUT2D eigenvalue weighted by Gasteiger charge is -2.48. The van der Waals surface area contributed by atoms with Gasteiger partial charge in [0.2, 0.25) is 0 Å². The highest BCUT2D eigenvalue weighted by molar-refractivity contribution is 6.06. The van der Waals surface area contributed by atoms with E-state index < -0.39 is 0 Å². The number of likely N-dealkylation sites (tertiary alicyclic amines) is 1. The first-order valence-electron chi connectivity index (χ1n) is 16.5. The number of carbonyl (C=O) groups excluding carboxylic acids is 1. The molecule has 7 heterocycles. The number of imidazole rings is 1. The number of carbonyl (C=O) groups is 1. The van der Waals surface area contributed by atoms with E-state index in [1.807, 2.05) is 30.6 Å². The van der Waals surface area contributed by atoms with Gasteiger partial charge in [0.25, 0.3) is 5.91 Å². The van der Waals surface area contributed by atoms with E-state index in [4.69, 9.17) is 9.72 Å². The van der Waals surface area contributed by atoms with Crippen LogP contribution in [-0.4, -0.2) is 64.0 Å². The Hall–Kier alpha value is -4.44. The molecule has 8 rings (SSSR count). The van der Waals surface area contributed by atoms with Gasteiger partial charge >= 0.3 is 0 Å². The van der Waals surface area contributed by atoms with E-state index >= 15 is 0 Å². The van der Waals surface area contributed by atoms with Crippen molar-refractivity contribution in [3.8, 4) is 11.3 Å². The maximum Gasteiger partial charge on any atom is 0.254 e. The van der Waals surface area contributed by atoms with Crippen LogP contribution >= 0.6 is 0 Å². The predicted molar refractivity (Wildman–Crippen MR) is 177 cm³/mol. The number of pyridine rings is 2. The van der Waals surface area contributed by atoms with E-state index in [-0.39, 0.29) is 23.0 Å². The molecule has 2 fully saturated rings. The average Bonchev–Trinajstić information content (AvgIpc) is 3.65. The number of rotatable bonds is 5. The highest BCUT2D eigenvalue weighted by Crippen LogP contribution is 2.44. The van der Waals surface area contributed by atoms with Crippen LogP contribution in [0.25, 0.3) is 16.9 Å². The van der Waals surface area contributed by atoms with Crippen molar-refractivity contribution in [3.05, 3.63) is 83.3 Å². The number of allylic oxidation sites excluding steroid dienone is 1. The van der Waals surface area contributed by atoms with Crippen molar-refractivity contribution in [2.75, 3.05) is 43.4 Å². The van der Waals surface area contributed by atoms with E-state index in [1.165, 1.54) is 38.0 Å². The van der Waals surface area contributed by atoms with E-state index in [1.54, 1.807) is 23.6 Å². The van der Waals surface area contributed by atoms with Gasteiger partial charge in [-0.05, 0) is 87.8 Å². The zero-order valence-electron chi connectivity index (χ0n) is 26.5. The molecular weight excluding hydrogens is 581 g/mol. The Morgan fingerprint density at radius 3 is 2.67 bits per heavy atom. The fourth-order valence-corrected chi connectivity index (χ4v) is 7.56. The van der Waals surface area contributed by atoms with Crippen LogP contribution in [0, 0.1) is 18.7 Å². The number of halogens is 1. The molecule has 1 spiro atoms. The summed E-state index contributed by atoms with van der Waals surface area (Å²) >= 11 is 0. The third-order valence-corrected chi connectivity index (χ3v) is 10.4. The summed E-state index contributed by atoms with van der Waals surface area (Å²) in [5, 5.41) is 6.32. The van der Waals surface area contributed by atoms with Gasteiger partial charge in [-0.25, -0.2) is 14.4 Å². The third kappa shape index (κ3) is 5.08. The lowest BCUT2D eigenvalue weighted by molar-refractivity contribution is -0.0428. The average molecular weight is 622 g/mol. The number of amides is 1. The summed E-state index contributed by atoms with van der Waals surface area (Å²) in [6.45, 7) is 6.32. The number of benzene rings is 1. The summed E-state index contributed by atoms with van der Waals surface area (Å²) in [6.07, 6.45) is 14.8. The number of hydrogen-bond acceptors (Lipinski definition) is 7. The lowest BCUT2D eigenvalue weighted by Crippen LogP contribution is -2.50. The zero-order chi connectivity index (χ0) is 31.4. The maximum absolute atomic E-state index is 14.7. The van der Waals surface area contributed by atoms with Gasteiger partial charge < -0.3 is 25.2 Å². The third-order valence-electron chi connectivity index (χ3n) is 10.4. The van der Waals surface area contributed by atoms with Crippen molar-refractivity contribution >= 4 is 28.7 Å². The minimum Gasteiger partial charge on any atom is -0.487 e. The quantitative estimate of drug-likeness (QED) is 0.274. The van der Waals surface area contributed by atoms with E-state index in [0.717, 1.165) is 55.0 Å².